The van der Waals surface area contributed by atoms with Gasteiger partial charge >= 0.3 is 0 Å². The van der Waals surface area contributed by atoms with Gasteiger partial charge in [-0.25, -0.2) is 0 Å². The van der Waals surface area contributed by atoms with Gasteiger partial charge < -0.3 is 5.32 Å². The van der Waals surface area contributed by atoms with E-state index in [0.717, 1.165) is 13.0 Å². The van der Waals surface area contributed by atoms with E-state index in [-0.39, 0.29) is 12.4 Å². The molecule has 3 heteroatoms. The Labute approximate surface area is 55.8 Å². The molecule has 1 saturated heterocycles. The van der Waals surface area contributed by atoms with Crippen molar-refractivity contribution in [2.45, 2.75) is 12.8 Å². The zero-order valence-electron chi connectivity index (χ0n) is 4.98. The van der Waals surface area contributed by atoms with Crippen molar-refractivity contribution in [3.63, 3.8) is 0 Å². The number of aliphatic imine (C=N–C) groups is 1. The zero-order chi connectivity index (χ0) is 5.11. The molecule has 48 valence electrons. The zero-order valence-corrected chi connectivity index (χ0v) is 5.79. The van der Waals surface area contributed by atoms with Gasteiger partial charge in [0.15, 0.2) is 0 Å². The highest BCUT2D eigenvalue weighted by Crippen LogP contribution is 1.96. The minimum Gasteiger partial charge on any atom is -0.374 e. The third kappa shape index (κ3) is 1.70. The van der Waals surface area contributed by atoms with Gasteiger partial charge in [0.1, 0.15) is 0 Å². The van der Waals surface area contributed by atoms with Gasteiger partial charge in [0.05, 0.1) is 5.84 Å². The minimum atomic E-state index is 0. The molecular formula is C5H11ClN2. The van der Waals surface area contributed by atoms with Crippen LogP contribution in [0.1, 0.15) is 12.8 Å². The van der Waals surface area contributed by atoms with E-state index in [1.54, 1.807) is 0 Å². The molecule has 0 spiro atoms. The molecule has 0 aromatic heterocycles. The topological polar surface area (TPSA) is 24.4 Å². The predicted octanol–water partition coefficient (Wildman–Crippen LogP) is 0.820. The van der Waals surface area contributed by atoms with Gasteiger partial charge in [-0.3, -0.25) is 4.99 Å². The van der Waals surface area contributed by atoms with Crippen LogP contribution in [0.2, 0.25) is 0 Å². The lowest BCUT2D eigenvalue weighted by Crippen LogP contribution is -2.13. The first-order chi connectivity index (χ1) is 3.43. The van der Waals surface area contributed by atoms with Crippen molar-refractivity contribution in [2.75, 3.05) is 13.6 Å². The number of halogens is 1. The van der Waals surface area contributed by atoms with Crippen LogP contribution in [-0.4, -0.2) is 19.4 Å². The van der Waals surface area contributed by atoms with Crippen molar-refractivity contribution in [3.8, 4) is 0 Å². The average molecular weight is 135 g/mol. The van der Waals surface area contributed by atoms with E-state index in [4.69, 9.17) is 0 Å². The first-order valence-corrected chi connectivity index (χ1v) is 2.63. The summed E-state index contributed by atoms with van der Waals surface area (Å²) >= 11 is 0. The van der Waals surface area contributed by atoms with Crippen LogP contribution in [0.25, 0.3) is 0 Å². The van der Waals surface area contributed by atoms with E-state index >= 15 is 0 Å². The van der Waals surface area contributed by atoms with Crippen molar-refractivity contribution in [1.29, 1.82) is 0 Å². The van der Waals surface area contributed by atoms with Crippen LogP contribution in [0.3, 0.4) is 0 Å². The molecule has 0 atom stereocenters. The second kappa shape index (κ2) is 3.72. The molecule has 0 aromatic carbocycles. The third-order valence-corrected chi connectivity index (χ3v) is 1.19. The summed E-state index contributed by atoms with van der Waals surface area (Å²) in [7, 11) is 1.83. The van der Waals surface area contributed by atoms with Gasteiger partial charge in [-0.15, -0.1) is 12.4 Å². The lowest BCUT2D eigenvalue weighted by molar-refractivity contribution is 0.912. The Morgan fingerprint density at radius 2 is 2.38 bits per heavy atom. The highest BCUT2D eigenvalue weighted by atomic mass is 35.5. The van der Waals surface area contributed by atoms with E-state index in [1.165, 1.54) is 12.3 Å². The molecule has 0 radical (unpaired) electrons. The number of rotatable bonds is 0. The number of nitrogens with one attached hydrogen (secondary N) is 1. The molecule has 8 heavy (non-hydrogen) atoms. The lowest BCUT2D eigenvalue weighted by Gasteiger charge is -1.89. The normalized spacial score (nSPS) is 22.4. The quantitative estimate of drug-likeness (QED) is 0.521. The maximum Gasteiger partial charge on any atom is 0.0960 e. The predicted molar refractivity (Wildman–Crippen MR) is 37.8 cm³/mol. The maximum atomic E-state index is 3.99. The lowest BCUT2D eigenvalue weighted by atomic mass is 10.4. The third-order valence-electron chi connectivity index (χ3n) is 1.19. The molecule has 0 bridgehead atoms. The Morgan fingerprint density at radius 1 is 1.62 bits per heavy atom. The summed E-state index contributed by atoms with van der Waals surface area (Å²) in [4.78, 5) is 3.99. The van der Waals surface area contributed by atoms with E-state index in [0.29, 0.717) is 0 Å². The van der Waals surface area contributed by atoms with Crippen LogP contribution in [0, 0.1) is 0 Å². The molecule has 0 saturated carbocycles. The van der Waals surface area contributed by atoms with Crippen molar-refractivity contribution >= 4 is 18.2 Å². The van der Waals surface area contributed by atoms with E-state index in [1.807, 2.05) is 7.05 Å². The van der Waals surface area contributed by atoms with Crippen LogP contribution in [0.15, 0.2) is 4.99 Å². The Hall–Kier alpha value is -0.240. The number of hydrogen-bond acceptors (Lipinski definition) is 1. The maximum absolute atomic E-state index is 3.99. The summed E-state index contributed by atoms with van der Waals surface area (Å²) < 4.78 is 0. The van der Waals surface area contributed by atoms with Crippen molar-refractivity contribution in [1.82, 2.24) is 5.32 Å². The van der Waals surface area contributed by atoms with Crippen LogP contribution < -0.4 is 5.32 Å². The highest BCUT2D eigenvalue weighted by molar-refractivity contribution is 5.85. The van der Waals surface area contributed by atoms with Gasteiger partial charge in [0.2, 0.25) is 0 Å². The standard InChI is InChI=1S/C5H10N2.ClH/c1-6-5-3-2-4-7-5;/h2-4H2,1H3,(H,6,7);1H. The van der Waals surface area contributed by atoms with Crippen molar-refractivity contribution < 1.29 is 0 Å². The molecule has 0 unspecified atom stereocenters. The smallest absolute Gasteiger partial charge is 0.0960 e. The fraction of sp³-hybridized carbons (Fsp3) is 0.800. The molecule has 1 fully saturated rings. The SMILES string of the molecule is CN=C1CCCN1.Cl. The van der Waals surface area contributed by atoms with Gasteiger partial charge in [0, 0.05) is 20.0 Å². The van der Waals surface area contributed by atoms with E-state index in [9.17, 15) is 0 Å². The highest BCUT2D eigenvalue weighted by Gasteiger charge is 2.02. The fourth-order valence-corrected chi connectivity index (χ4v) is 0.768. The van der Waals surface area contributed by atoms with Gasteiger partial charge in [0.25, 0.3) is 0 Å². The first kappa shape index (κ1) is 7.76. The number of hydrogen-bond donors (Lipinski definition) is 1. The number of amidine groups is 1. The summed E-state index contributed by atoms with van der Waals surface area (Å²) in [6, 6.07) is 0. The van der Waals surface area contributed by atoms with Gasteiger partial charge in [-0.2, -0.15) is 0 Å². The molecule has 0 aromatic rings. The monoisotopic (exact) mass is 134 g/mol. The second-order valence-electron chi connectivity index (χ2n) is 1.70. The Balaban J connectivity index is 0.000000490. The minimum absolute atomic E-state index is 0. The molecule has 1 aliphatic heterocycles. The summed E-state index contributed by atoms with van der Waals surface area (Å²) in [6.07, 6.45) is 2.41. The number of nitrogens with zero attached hydrogens (tertiary/aromatic N) is 1. The largest absolute Gasteiger partial charge is 0.374 e. The molecule has 1 N–H and O–H groups in total. The molecular weight excluding hydrogens is 124 g/mol. The molecule has 2 nitrogen and oxygen atoms in total. The van der Waals surface area contributed by atoms with Crippen LogP contribution in [0.4, 0.5) is 0 Å². The van der Waals surface area contributed by atoms with E-state index < -0.39 is 0 Å². The summed E-state index contributed by atoms with van der Waals surface area (Å²) in [5.41, 5.74) is 0. The Morgan fingerprint density at radius 3 is 2.62 bits per heavy atom. The fourth-order valence-electron chi connectivity index (χ4n) is 0.768. The van der Waals surface area contributed by atoms with Gasteiger partial charge in [-0.1, -0.05) is 0 Å². The molecule has 1 rings (SSSR count). The van der Waals surface area contributed by atoms with Crippen molar-refractivity contribution in [2.24, 2.45) is 4.99 Å². The first-order valence-electron chi connectivity index (χ1n) is 2.63. The Kier molecular flexibility index (Phi) is 3.61. The summed E-state index contributed by atoms with van der Waals surface area (Å²) in [5.74, 6) is 1.17. The van der Waals surface area contributed by atoms with E-state index in [2.05, 4.69) is 10.3 Å². The summed E-state index contributed by atoms with van der Waals surface area (Å²) in [5, 5.41) is 3.16. The molecule has 1 heterocycles. The molecule has 1 aliphatic rings. The second-order valence-corrected chi connectivity index (χ2v) is 1.70. The van der Waals surface area contributed by atoms with Crippen molar-refractivity contribution in [3.05, 3.63) is 0 Å². The average Bonchev–Trinajstić information content (AvgIpc) is 2.14. The Bertz CT molecular complexity index is 82.4. The molecule has 0 aliphatic carbocycles. The van der Waals surface area contributed by atoms with Crippen LogP contribution in [0.5, 0.6) is 0 Å². The summed E-state index contributed by atoms with van der Waals surface area (Å²) in [6.45, 7) is 1.12. The molecule has 0 amide bonds. The van der Waals surface area contributed by atoms with Crippen LogP contribution in [-0.2, 0) is 0 Å². The van der Waals surface area contributed by atoms with Crippen LogP contribution >= 0.6 is 12.4 Å². The van der Waals surface area contributed by atoms with Gasteiger partial charge in [-0.05, 0) is 6.42 Å².